The number of nitrogens with zero attached hydrogens (tertiary/aromatic N) is 4. The molecule has 2 aromatic heterocycles. The van der Waals surface area contributed by atoms with Gasteiger partial charge in [0.25, 0.3) is 5.56 Å². The van der Waals surface area contributed by atoms with E-state index in [1.54, 1.807) is 0 Å². The zero-order valence-electron chi connectivity index (χ0n) is 14.5. The minimum absolute atomic E-state index is 0.0383. The first kappa shape index (κ1) is 19.6. The van der Waals surface area contributed by atoms with Crippen molar-refractivity contribution < 1.29 is 17.9 Å². The molecule has 0 spiro atoms. The van der Waals surface area contributed by atoms with E-state index in [2.05, 4.69) is 10.1 Å². The van der Waals surface area contributed by atoms with Crippen LogP contribution in [0.5, 0.6) is 0 Å². The molecular formula is C17H18ClF3N4O2. The van der Waals surface area contributed by atoms with Crippen molar-refractivity contribution in [2.75, 3.05) is 24.6 Å². The fourth-order valence-corrected chi connectivity index (χ4v) is 3.17. The Morgan fingerprint density at radius 3 is 2.70 bits per heavy atom. The first-order valence-corrected chi connectivity index (χ1v) is 8.87. The summed E-state index contributed by atoms with van der Waals surface area (Å²) in [6.07, 6.45) is -0.429. The van der Waals surface area contributed by atoms with Gasteiger partial charge in [-0.3, -0.25) is 4.79 Å². The highest BCUT2D eigenvalue weighted by Gasteiger charge is 2.31. The number of anilines is 1. The summed E-state index contributed by atoms with van der Waals surface area (Å²) in [4.78, 5) is 18.2. The Morgan fingerprint density at radius 1 is 1.37 bits per heavy atom. The van der Waals surface area contributed by atoms with E-state index in [1.165, 1.54) is 6.20 Å². The predicted molar refractivity (Wildman–Crippen MR) is 94.5 cm³/mol. The van der Waals surface area contributed by atoms with Gasteiger partial charge in [-0.05, 0) is 31.9 Å². The van der Waals surface area contributed by atoms with Gasteiger partial charge in [-0.25, -0.2) is 4.98 Å². The molecule has 27 heavy (non-hydrogen) atoms. The van der Waals surface area contributed by atoms with Crippen molar-refractivity contribution in [3.8, 4) is 5.82 Å². The summed E-state index contributed by atoms with van der Waals surface area (Å²) in [5.41, 5.74) is -1.09. The maximum atomic E-state index is 12.7. The van der Waals surface area contributed by atoms with Gasteiger partial charge in [0.15, 0.2) is 5.82 Å². The maximum Gasteiger partial charge on any atom is 0.417 e. The van der Waals surface area contributed by atoms with Crippen LogP contribution in [0.1, 0.15) is 25.3 Å². The standard InChI is InChI=1S/C17H18ClF3N4O2/c1-2-24(10-12-4-3-7-27-12)13-9-23-25(16(26)15(13)18)14-6-5-11(8-22-14)17(19,20)21/h5-6,8-9,12H,2-4,7,10H2,1H3. The molecule has 1 saturated heterocycles. The zero-order valence-corrected chi connectivity index (χ0v) is 15.3. The second kappa shape index (κ2) is 7.85. The molecule has 0 radical (unpaired) electrons. The normalized spacial score (nSPS) is 17.3. The molecule has 0 aliphatic carbocycles. The molecule has 1 unspecified atom stereocenters. The lowest BCUT2D eigenvalue weighted by Crippen LogP contribution is -2.34. The summed E-state index contributed by atoms with van der Waals surface area (Å²) in [7, 11) is 0. The van der Waals surface area contributed by atoms with Crippen molar-refractivity contribution in [1.29, 1.82) is 0 Å². The van der Waals surface area contributed by atoms with E-state index in [0.717, 1.165) is 36.3 Å². The van der Waals surface area contributed by atoms with Gasteiger partial charge in [0, 0.05) is 25.9 Å². The number of rotatable bonds is 5. The number of hydrogen-bond donors (Lipinski definition) is 0. The third-order valence-corrected chi connectivity index (χ3v) is 4.72. The molecule has 146 valence electrons. The molecule has 3 heterocycles. The molecule has 0 N–H and O–H groups in total. The first-order chi connectivity index (χ1) is 12.8. The first-order valence-electron chi connectivity index (χ1n) is 8.49. The fraction of sp³-hybridized carbons (Fsp3) is 0.471. The lowest BCUT2D eigenvalue weighted by Gasteiger charge is -2.26. The van der Waals surface area contributed by atoms with Crippen molar-refractivity contribution in [2.45, 2.75) is 32.0 Å². The summed E-state index contributed by atoms with van der Waals surface area (Å²) in [5, 5.41) is 3.97. The van der Waals surface area contributed by atoms with E-state index in [-0.39, 0.29) is 16.9 Å². The highest BCUT2D eigenvalue weighted by molar-refractivity contribution is 6.33. The van der Waals surface area contributed by atoms with Gasteiger partial charge in [0.05, 0.1) is 23.6 Å². The summed E-state index contributed by atoms with van der Waals surface area (Å²) in [6, 6.07) is 1.92. The fourth-order valence-electron chi connectivity index (χ4n) is 2.92. The average molecular weight is 403 g/mol. The van der Waals surface area contributed by atoms with Gasteiger partial charge in [-0.15, -0.1) is 0 Å². The van der Waals surface area contributed by atoms with Crippen LogP contribution in [0.2, 0.25) is 5.02 Å². The number of pyridine rings is 1. The summed E-state index contributed by atoms with van der Waals surface area (Å²) >= 11 is 6.25. The highest BCUT2D eigenvalue weighted by atomic mass is 35.5. The van der Waals surface area contributed by atoms with Gasteiger partial charge >= 0.3 is 6.18 Å². The van der Waals surface area contributed by atoms with Crippen molar-refractivity contribution >= 4 is 17.3 Å². The van der Waals surface area contributed by atoms with Crippen LogP contribution in [-0.4, -0.2) is 40.6 Å². The van der Waals surface area contributed by atoms with Gasteiger partial charge in [-0.1, -0.05) is 11.6 Å². The average Bonchev–Trinajstić information content (AvgIpc) is 3.15. The quantitative estimate of drug-likeness (QED) is 0.768. The molecule has 3 rings (SSSR count). The summed E-state index contributed by atoms with van der Waals surface area (Å²) in [5.74, 6) is -0.0383. The maximum absolute atomic E-state index is 12.7. The van der Waals surface area contributed by atoms with E-state index in [1.807, 2.05) is 11.8 Å². The van der Waals surface area contributed by atoms with E-state index in [4.69, 9.17) is 16.3 Å². The molecule has 0 amide bonds. The molecule has 2 aromatic rings. The van der Waals surface area contributed by atoms with Crippen LogP contribution in [0.4, 0.5) is 18.9 Å². The summed E-state index contributed by atoms with van der Waals surface area (Å²) < 4.78 is 44.5. The molecule has 10 heteroatoms. The SMILES string of the molecule is CCN(CC1CCCO1)c1cnn(-c2ccc(C(F)(F)F)cn2)c(=O)c1Cl. The van der Waals surface area contributed by atoms with Crippen LogP contribution in [0, 0.1) is 0 Å². The van der Waals surface area contributed by atoms with Crippen LogP contribution >= 0.6 is 11.6 Å². The largest absolute Gasteiger partial charge is 0.417 e. The number of ether oxygens (including phenoxy) is 1. The number of alkyl halides is 3. The Kier molecular flexibility index (Phi) is 5.71. The third-order valence-electron chi connectivity index (χ3n) is 4.36. The second-order valence-electron chi connectivity index (χ2n) is 6.14. The van der Waals surface area contributed by atoms with E-state index in [0.29, 0.717) is 25.0 Å². The van der Waals surface area contributed by atoms with Gasteiger partial charge in [0.1, 0.15) is 5.02 Å². The minimum Gasteiger partial charge on any atom is -0.376 e. The molecular weight excluding hydrogens is 385 g/mol. The smallest absolute Gasteiger partial charge is 0.376 e. The van der Waals surface area contributed by atoms with Crippen molar-refractivity contribution in [3.63, 3.8) is 0 Å². The van der Waals surface area contributed by atoms with Crippen LogP contribution < -0.4 is 10.5 Å². The van der Waals surface area contributed by atoms with Gasteiger partial charge in [0.2, 0.25) is 0 Å². The number of likely N-dealkylation sites (N-methyl/N-ethyl adjacent to an activating group) is 1. The lowest BCUT2D eigenvalue weighted by atomic mass is 10.2. The summed E-state index contributed by atoms with van der Waals surface area (Å²) in [6.45, 7) is 3.83. The monoisotopic (exact) mass is 402 g/mol. The van der Waals surface area contributed by atoms with Gasteiger partial charge < -0.3 is 9.64 Å². The molecule has 0 aromatic carbocycles. The number of hydrogen-bond acceptors (Lipinski definition) is 5. The van der Waals surface area contributed by atoms with Crippen molar-refractivity contribution in [3.05, 3.63) is 45.5 Å². The lowest BCUT2D eigenvalue weighted by molar-refractivity contribution is -0.137. The Morgan fingerprint density at radius 2 is 2.15 bits per heavy atom. The molecule has 1 aliphatic rings. The Labute approximate surface area is 158 Å². The van der Waals surface area contributed by atoms with E-state index in [9.17, 15) is 18.0 Å². The zero-order chi connectivity index (χ0) is 19.6. The van der Waals surface area contributed by atoms with Crippen LogP contribution in [0.3, 0.4) is 0 Å². The minimum atomic E-state index is -4.50. The van der Waals surface area contributed by atoms with Crippen molar-refractivity contribution in [2.24, 2.45) is 0 Å². The van der Waals surface area contributed by atoms with E-state index >= 15 is 0 Å². The number of halogens is 4. The molecule has 1 aliphatic heterocycles. The van der Waals surface area contributed by atoms with E-state index < -0.39 is 17.3 Å². The number of aromatic nitrogens is 3. The molecule has 0 saturated carbocycles. The van der Waals surface area contributed by atoms with Crippen LogP contribution in [0.25, 0.3) is 5.82 Å². The second-order valence-corrected chi connectivity index (χ2v) is 6.52. The highest BCUT2D eigenvalue weighted by Crippen LogP contribution is 2.29. The predicted octanol–water partition coefficient (Wildman–Crippen LogP) is 3.31. The van der Waals surface area contributed by atoms with Crippen molar-refractivity contribution in [1.82, 2.24) is 14.8 Å². The Bertz CT molecular complexity index is 849. The third kappa shape index (κ3) is 4.24. The van der Waals surface area contributed by atoms with Crippen LogP contribution in [0.15, 0.2) is 29.3 Å². The molecule has 6 nitrogen and oxygen atoms in total. The Balaban J connectivity index is 1.89. The molecule has 0 bridgehead atoms. The topological polar surface area (TPSA) is 60.2 Å². The van der Waals surface area contributed by atoms with Crippen LogP contribution in [-0.2, 0) is 10.9 Å². The molecule has 1 fully saturated rings. The Hall–Kier alpha value is -2.13. The molecule has 1 atom stereocenters. The van der Waals surface area contributed by atoms with Gasteiger partial charge in [-0.2, -0.15) is 23.0 Å².